The molecule has 10 heteroatoms. The fourth-order valence-corrected chi connectivity index (χ4v) is 3.97. The number of benzene rings is 2. The van der Waals surface area contributed by atoms with Gasteiger partial charge in [0.15, 0.2) is 16.7 Å². The number of anilines is 1. The number of rotatable bonds is 8. The molecular weight excluding hydrogens is 434 g/mol. The average molecular weight is 454 g/mol. The van der Waals surface area contributed by atoms with Crippen molar-refractivity contribution in [1.29, 1.82) is 0 Å². The van der Waals surface area contributed by atoms with Gasteiger partial charge in [0.05, 0.1) is 18.3 Å². The molecule has 0 aliphatic heterocycles. The third-order valence-electron chi connectivity index (χ3n) is 4.28. The van der Waals surface area contributed by atoms with Crippen LogP contribution >= 0.6 is 23.1 Å². The molecule has 158 valence electrons. The second-order valence-electron chi connectivity index (χ2n) is 6.44. The number of aryl methyl sites for hydroxylation is 1. The Bertz CT molecular complexity index is 1160. The van der Waals surface area contributed by atoms with E-state index in [2.05, 4.69) is 20.5 Å². The van der Waals surface area contributed by atoms with Gasteiger partial charge in [0, 0.05) is 28.6 Å². The number of nitrogens with one attached hydrogen (secondary N) is 1. The van der Waals surface area contributed by atoms with E-state index in [9.17, 15) is 4.79 Å². The number of carbonyl (C=O) groups is 1. The van der Waals surface area contributed by atoms with Crippen LogP contribution in [0.1, 0.15) is 16.1 Å². The zero-order valence-corrected chi connectivity index (χ0v) is 18.4. The number of amides is 1. The first-order valence-corrected chi connectivity index (χ1v) is 11.0. The van der Waals surface area contributed by atoms with Crippen molar-refractivity contribution in [3.63, 3.8) is 0 Å². The largest absolute Gasteiger partial charge is 0.493 e. The molecule has 0 aliphatic rings. The van der Waals surface area contributed by atoms with Gasteiger partial charge in [0.2, 0.25) is 0 Å². The second kappa shape index (κ2) is 9.63. The lowest BCUT2D eigenvalue weighted by atomic mass is 10.2. The van der Waals surface area contributed by atoms with Gasteiger partial charge in [-0.25, -0.2) is 4.98 Å². The van der Waals surface area contributed by atoms with E-state index in [-0.39, 0.29) is 5.91 Å². The first kappa shape index (κ1) is 20.9. The molecule has 2 heterocycles. The lowest BCUT2D eigenvalue weighted by molar-refractivity contribution is 0.102. The normalized spacial score (nSPS) is 10.6. The summed E-state index contributed by atoms with van der Waals surface area (Å²) in [5.41, 5.74) is 3.75. The fourth-order valence-electron chi connectivity index (χ4n) is 2.67. The van der Waals surface area contributed by atoms with Gasteiger partial charge < -0.3 is 19.4 Å². The van der Waals surface area contributed by atoms with Crippen LogP contribution < -0.4 is 14.8 Å². The Labute approximate surface area is 187 Å². The maximum atomic E-state index is 12.7. The zero-order chi connectivity index (χ0) is 21.6. The van der Waals surface area contributed by atoms with Crippen molar-refractivity contribution in [1.82, 2.24) is 19.7 Å². The predicted molar refractivity (Wildman–Crippen MR) is 119 cm³/mol. The van der Waals surface area contributed by atoms with E-state index in [1.165, 1.54) is 23.1 Å². The number of nitrogens with zero attached hydrogens (tertiary/aromatic N) is 4. The summed E-state index contributed by atoms with van der Waals surface area (Å²) < 4.78 is 13.0. The molecule has 8 nitrogen and oxygen atoms in total. The molecule has 0 radical (unpaired) electrons. The molecule has 4 rings (SSSR count). The van der Waals surface area contributed by atoms with Gasteiger partial charge in [-0.3, -0.25) is 4.79 Å². The lowest BCUT2D eigenvalue weighted by Crippen LogP contribution is -2.12. The number of aromatic nitrogens is 4. The molecule has 2 aromatic carbocycles. The Morgan fingerprint density at radius 2 is 2.03 bits per heavy atom. The monoisotopic (exact) mass is 453 g/mol. The third-order valence-corrected chi connectivity index (χ3v) is 5.97. The van der Waals surface area contributed by atoms with Crippen molar-refractivity contribution in [3.05, 3.63) is 70.9 Å². The van der Waals surface area contributed by atoms with Gasteiger partial charge in [0.1, 0.15) is 12.9 Å². The van der Waals surface area contributed by atoms with Gasteiger partial charge in [0.25, 0.3) is 5.91 Å². The molecule has 0 bridgehead atoms. The summed E-state index contributed by atoms with van der Waals surface area (Å²) in [5.74, 6) is 0.800. The summed E-state index contributed by atoms with van der Waals surface area (Å²) in [6.45, 7) is 0.337. The van der Waals surface area contributed by atoms with Crippen molar-refractivity contribution in [2.45, 2.75) is 16.7 Å². The highest BCUT2D eigenvalue weighted by Crippen LogP contribution is 2.30. The minimum Gasteiger partial charge on any atom is -0.493 e. The number of hydrogen-bond donors (Lipinski definition) is 1. The van der Waals surface area contributed by atoms with Gasteiger partial charge in [-0.15, -0.1) is 21.5 Å². The first-order chi connectivity index (χ1) is 15.1. The maximum absolute atomic E-state index is 12.7. The number of carbonyl (C=O) groups excluding carboxylic acids is 1. The van der Waals surface area contributed by atoms with Crippen molar-refractivity contribution in [3.8, 4) is 11.5 Å². The SMILES string of the molecule is COc1cc(C(=O)Nc2ccc(Sc3nncn3C)cc2)ccc1OCc1cscn1. The molecule has 1 amide bonds. The topological polar surface area (TPSA) is 91.2 Å². The average Bonchev–Trinajstić information content (AvgIpc) is 3.45. The van der Waals surface area contributed by atoms with E-state index in [1.54, 1.807) is 37.1 Å². The Kier molecular flexibility index (Phi) is 6.48. The van der Waals surface area contributed by atoms with Crippen LogP contribution in [-0.4, -0.2) is 32.8 Å². The molecule has 0 saturated carbocycles. The quantitative estimate of drug-likeness (QED) is 0.426. The van der Waals surface area contributed by atoms with Crippen LogP contribution in [0.25, 0.3) is 0 Å². The Morgan fingerprint density at radius 1 is 1.19 bits per heavy atom. The Morgan fingerprint density at radius 3 is 2.71 bits per heavy atom. The molecule has 31 heavy (non-hydrogen) atoms. The summed E-state index contributed by atoms with van der Waals surface area (Å²) in [6, 6.07) is 12.6. The van der Waals surface area contributed by atoms with Crippen molar-refractivity contribution in [2.75, 3.05) is 12.4 Å². The second-order valence-corrected chi connectivity index (χ2v) is 8.20. The van der Waals surface area contributed by atoms with Crippen molar-refractivity contribution in [2.24, 2.45) is 7.05 Å². The smallest absolute Gasteiger partial charge is 0.255 e. The number of methoxy groups -OCH3 is 1. The molecule has 2 aromatic heterocycles. The standard InChI is InChI=1S/C21H19N5O3S2/c1-26-12-23-25-21(26)31-17-6-4-15(5-7-17)24-20(27)14-3-8-18(19(9-14)28-2)29-10-16-11-30-13-22-16/h3-9,11-13H,10H2,1-2H3,(H,24,27). The highest BCUT2D eigenvalue weighted by Gasteiger charge is 2.12. The van der Waals surface area contributed by atoms with Crippen LogP contribution in [0.2, 0.25) is 0 Å². The fraction of sp³-hybridized carbons (Fsp3) is 0.143. The molecular formula is C21H19N5O3S2. The lowest BCUT2D eigenvalue weighted by Gasteiger charge is -2.12. The van der Waals surface area contributed by atoms with Crippen LogP contribution in [0.4, 0.5) is 5.69 Å². The molecule has 0 unspecified atom stereocenters. The van der Waals surface area contributed by atoms with E-state index in [0.29, 0.717) is 29.4 Å². The minimum absolute atomic E-state index is 0.238. The summed E-state index contributed by atoms with van der Waals surface area (Å²) in [6.07, 6.45) is 1.65. The third kappa shape index (κ3) is 5.22. The van der Waals surface area contributed by atoms with E-state index < -0.39 is 0 Å². The zero-order valence-electron chi connectivity index (χ0n) is 16.8. The van der Waals surface area contributed by atoms with Crippen LogP contribution in [0.3, 0.4) is 0 Å². The first-order valence-electron chi connectivity index (χ1n) is 9.23. The molecule has 0 fully saturated rings. The minimum atomic E-state index is -0.238. The Hall–Kier alpha value is -3.37. The van der Waals surface area contributed by atoms with E-state index in [1.807, 2.05) is 41.3 Å². The molecule has 1 N–H and O–H groups in total. The van der Waals surface area contributed by atoms with Gasteiger partial charge in [-0.1, -0.05) is 0 Å². The molecule has 0 spiro atoms. The van der Waals surface area contributed by atoms with E-state index in [4.69, 9.17) is 9.47 Å². The Balaban J connectivity index is 1.40. The molecule has 0 aliphatic carbocycles. The molecule has 4 aromatic rings. The van der Waals surface area contributed by atoms with Crippen LogP contribution in [0, 0.1) is 0 Å². The number of ether oxygens (including phenoxy) is 2. The maximum Gasteiger partial charge on any atom is 0.255 e. The highest BCUT2D eigenvalue weighted by atomic mass is 32.2. The highest BCUT2D eigenvalue weighted by molar-refractivity contribution is 7.99. The van der Waals surface area contributed by atoms with Crippen LogP contribution in [0.5, 0.6) is 11.5 Å². The van der Waals surface area contributed by atoms with Crippen molar-refractivity contribution < 1.29 is 14.3 Å². The number of hydrogen-bond acceptors (Lipinski definition) is 8. The predicted octanol–water partition coefficient (Wildman–Crippen LogP) is 4.26. The van der Waals surface area contributed by atoms with Crippen LogP contribution in [0.15, 0.2) is 69.7 Å². The van der Waals surface area contributed by atoms with Gasteiger partial charge >= 0.3 is 0 Å². The van der Waals surface area contributed by atoms with E-state index in [0.717, 1.165) is 15.7 Å². The van der Waals surface area contributed by atoms with Gasteiger partial charge in [-0.05, 0) is 54.2 Å². The van der Waals surface area contributed by atoms with Crippen LogP contribution in [-0.2, 0) is 13.7 Å². The number of thiazole rings is 1. The summed E-state index contributed by atoms with van der Waals surface area (Å²) in [5, 5.41) is 13.5. The summed E-state index contributed by atoms with van der Waals surface area (Å²) >= 11 is 3.01. The van der Waals surface area contributed by atoms with E-state index >= 15 is 0 Å². The summed E-state index contributed by atoms with van der Waals surface area (Å²) in [7, 11) is 3.43. The molecule has 0 saturated heterocycles. The summed E-state index contributed by atoms with van der Waals surface area (Å²) in [4.78, 5) is 17.9. The van der Waals surface area contributed by atoms with Gasteiger partial charge in [-0.2, -0.15) is 0 Å². The molecule has 0 atom stereocenters. The van der Waals surface area contributed by atoms with Crippen molar-refractivity contribution >= 4 is 34.7 Å².